The lowest BCUT2D eigenvalue weighted by atomic mass is 9.83. The Morgan fingerprint density at radius 1 is 1.21 bits per heavy atom. The molecule has 0 fully saturated rings. The molecule has 1 aromatic carbocycles. The quantitative estimate of drug-likeness (QED) is 0.739. The van der Waals surface area contributed by atoms with E-state index in [0.29, 0.717) is 5.56 Å². The van der Waals surface area contributed by atoms with Gasteiger partial charge in [0.25, 0.3) is 0 Å². The second kappa shape index (κ2) is 3.65. The van der Waals surface area contributed by atoms with Crippen molar-refractivity contribution in [2.45, 2.75) is 32.8 Å². The number of rotatable bonds is 1. The van der Waals surface area contributed by atoms with Crippen molar-refractivity contribution in [3.05, 3.63) is 34.9 Å². The van der Waals surface area contributed by atoms with E-state index in [-0.39, 0.29) is 12.2 Å². The van der Waals surface area contributed by atoms with Gasteiger partial charge >= 0.3 is 0 Å². The molecule has 0 saturated carbocycles. The smallest absolute Gasteiger partial charge is 0.162 e. The summed E-state index contributed by atoms with van der Waals surface area (Å²) in [5, 5.41) is 9.01. The molecule has 1 nitrogen and oxygen atoms in total. The standard InChI is InChI=1S/C11H14F2O/c1-11(2,3)9-7(6-14)4-5-8(12)10(9)13/h4-5,14H,6H2,1-3H3. The van der Waals surface area contributed by atoms with Crippen molar-refractivity contribution in [1.82, 2.24) is 0 Å². The van der Waals surface area contributed by atoms with Gasteiger partial charge < -0.3 is 5.11 Å². The number of aliphatic hydroxyl groups is 1. The fourth-order valence-corrected chi connectivity index (χ4v) is 1.53. The van der Waals surface area contributed by atoms with Gasteiger partial charge in [-0.1, -0.05) is 26.8 Å². The van der Waals surface area contributed by atoms with Gasteiger partial charge in [-0.05, 0) is 17.0 Å². The van der Waals surface area contributed by atoms with Crippen LogP contribution in [0, 0.1) is 11.6 Å². The van der Waals surface area contributed by atoms with Gasteiger partial charge in [0.2, 0.25) is 0 Å². The van der Waals surface area contributed by atoms with Crippen LogP contribution in [0.3, 0.4) is 0 Å². The normalized spacial score (nSPS) is 11.9. The number of benzene rings is 1. The SMILES string of the molecule is CC(C)(C)c1c(CO)ccc(F)c1F. The fraction of sp³-hybridized carbons (Fsp3) is 0.455. The van der Waals surface area contributed by atoms with E-state index in [9.17, 15) is 8.78 Å². The van der Waals surface area contributed by atoms with E-state index >= 15 is 0 Å². The summed E-state index contributed by atoms with van der Waals surface area (Å²) in [6, 6.07) is 2.45. The van der Waals surface area contributed by atoms with Gasteiger partial charge in [0.15, 0.2) is 11.6 Å². The number of halogens is 2. The first-order valence-corrected chi connectivity index (χ1v) is 4.46. The van der Waals surface area contributed by atoms with E-state index in [0.717, 1.165) is 6.07 Å². The maximum Gasteiger partial charge on any atom is 0.162 e. The minimum absolute atomic E-state index is 0.250. The van der Waals surface area contributed by atoms with Crippen LogP contribution < -0.4 is 0 Å². The molecule has 0 unspecified atom stereocenters. The van der Waals surface area contributed by atoms with Gasteiger partial charge in [0, 0.05) is 5.56 Å². The zero-order valence-electron chi connectivity index (χ0n) is 8.56. The van der Waals surface area contributed by atoms with Crippen LogP contribution in [0.1, 0.15) is 31.9 Å². The molecule has 0 aromatic heterocycles. The van der Waals surface area contributed by atoms with Crippen LogP contribution in [0.25, 0.3) is 0 Å². The van der Waals surface area contributed by atoms with Gasteiger partial charge in [0.05, 0.1) is 6.61 Å². The molecule has 0 spiro atoms. The first kappa shape index (κ1) is 11.1. The molecule has 0 aliphatic rings. The molecule has 0 heterocycles. The first-order valence-electron chi connectivity index (χ1n) is 4.46. The Balaban J connectivity index is 3.44. The van der Waals surface area contributed by atoms with Crippen LogP contribution in [0.2, 0.25) is 0 Å². The van der Waals surface area contributed by atoms with Crippen molar-refractivity contribution >= 4 is 0 Å². The van der Waals surface area contributed by atoms with Crippen molar-refractivity contribution in [3.63, 3.8) is 0 Å². The Kier molecular flexibility index (Phi) is 2.90. The molecule has 0 aliphatic carbocycles. The Bertz CT molecular complexity index is 340. The lowest BCUT2D eigenvalue weighted by Crippen LogP contribution is -2.17. The van der Waals surface area contributed by atoms with E-state index in [1.165, 1.54) is 6.07 Å². The molecular formula is C11H14F2O. The summed E-state index contributed by atoms with van der Waals surface area (Å²) in [5.74, 6) is -1.73. The lowest BCUT2D eigenvalue weighted by molar-refractivity contribution is 0.276. The third-order valence-corrected chi connectivity index (χ3v) is 2.10. The van der Waals surface area contributed by atoms with Crippen LogP contribution >= 0.6 is 0 Å². The summed E-state index contributed by atoms with van der Waals surface area (Å²) in [5.41, 5.74) is 0.181. The van der Waals surface area contributed by atoms with Crippen LogP contribution in [-0.2, 0) is 12.0 Å². The van der Waals surface area contributed by atoms with Crippen LogP contribution in [0.5, 0.6) is 0 Å². The highest BCUT2D eigenvalue weighted by molar-refractivity contribution is 5.34. The summed E-state index contributed by atoms with van der Waals surface area (Å²) in [6.45, 7) is 5.07. The van der Waals surface area contributed by atoms with Gasteiger partial charge in [-0.25, -0.2) is 8.78 Å². The molecule has 14 heavy (non-hydrogen) atoms. The molecule has 0 saturated heterocycles. The van der Waals surface area contributed by atoms with Crippen molar-refractivity contribution in [2.24, 2.45) is 0 Å². The molecule has 0 amide bonds. The van der Waals surface area contributed by atoms with E-state index in [1.54, 1.807) is 20.8 Å². The van der Waals surface area contributed by atoms with Crippen molar-refractivity contribution in [3.8, 4) is 0 Å². The lowest BCUT2D eigenvalue weighted by Gasteiger charge is -2.23. The highest BCUT2D eigenvalue weighted by Crippen LogP contribution is 2.29. The van der Waals surface area contributed by atoms with Crippen LogP contribution in [0.15, 0.2) is 12.1 Å². The molecule has 0 atom stereocenters. The second-order valence-electron chi connectivity index (χ2n) is 4.30. The predicted molar refractivity (Wildman–Crippen MR) is 51.0 cm³/mol. The summed E-state index contributed by atoms with van der Waals surface area (Å²) in [6.07, 6.45) is 0. The van der Waals surface area contributed by atoms with E-state index in [1.807, 2.05) is 0 Å². The van der Waals surface area contributed by atoms with Gasteiger partial charge in [0.1, 0.15) is 0 Å². The fourth-order valence-electron chi connectivity index (χ4n) is 1.53. The molecule has 0 radical (unpaired) electrons. The van der Waals surface area contributed by atoms with Crippen molar-refractivity contribution in [2.75, 3.05) is 0 Å². The Morgan fingerprint density at radius 3 is 2.21 bits per heavy atom. The topological polar surface area (TPSA) is 20.2 Å². The van der Waals surface area contributed by atoms with Crippen molar-refractivity contribution in [1.29, 1.82) is 0 Å². The van der Waals surface area contributed by atoms with Crippen LogP contribution in [-0.4, -0.2) is 5.11 Å². The number of aliphatic hydroxyl groups excluding tert-OH is 1. The van der Waals surface area contributed by atoms with E-state index < -0.39 is 17.0 Å². The molecule has 1 aromatic rings. The average molecular weight is 200 g/mol. The first-order chi connectivity index (χ1) is 6.38. The second-order valence-corrected chi connectivity index (χ2v) is 4.30. The van der Waals surface area contributed by atoms with Crippen LogP contribution in [0.4, 0.5) is 8.78 Å². The minimum atomic E-state index is -0.868. The van der Waals surface area contributed by atoms with Gasteiger partial charge in [-0.15, -0.1) is 0 Å². The number of hydrogen-bond donors (Lipinski definition) is 1. The van der Waals surface area contributed by atoms with Crippen molar-refractivity contribution < 1.29 is 13.9 Å². The third kappa shape index (κ3) is 1.93. The molecule has 3 heteroatoms. The molecule has 0 bridgehead atoms. The molecule has 0 aliphatic heterocycles. The highest BCUT2D eigenvalue weighted by Gasteiger charge is 2.24. The Morgan fingerprint density at radius 2 is 1.79 bits per heavy atom. The summed E-state index contributed by atoms with van der Waals surface area (Å²) in [7, 11) is 0. The van der Waals surface area contributed by atoms with E-state index in [4.69, 9.17) is 5.11 Å². The maximum atomic E-state index is 13.5. The Hall–Kier alpha value is -0.960. The average Bonchev–Trinajstić information content (AvgIpc) is 2.07. The number of hydrogen-bond acceptors (Lipinski definition) is 1. The summed E-state index contributed by atoms with van der Waals surface area (Å²) >= 11 is 0. The highest BCUT2D eigenvalue weighted by atomic mass is 19.2. The monoisotopic (exact) mass is 200 g/mol. The zero-order chi connectivity index (χ0) is 10.9. The summed E-state index contributed by atoms with van der Waals surface area (Å²) < 4.78 is 26.4. The predicted octanol–water partition coefficient (Wildman–Crippen LogP) is 2.75. The molecule has 1 rings (SSSR count). The van der Waals surface area contributed by atoms with Gasteiger partial charge in [-0.3, -0.25) is 0 Å². The van der Waals surface area contributed by atoms with E-state index in [2.05, 4.69) is 0 Å². The molecular weight excluding hydrogens is 186 g/mol. The maximum absolute atomic E-state index is 13.5. The minimum Gasteiger partial charge on any atom is -0.392 e. The molecule has 1 N–H and O–H groups in total. The summed E-state index contributed by atoms with van der Waals surface area (Å²) in [4.78, 5) is 0. The third-order valence-electron chi connectivity index (χ3n) is 2.10. The van der Waals surface area contributed by atoms with Gasteiger partial charge in [-0.2, -0.15) is 0 Å². The Labute approximate surface area is 82.4 Å². The molecule has 78 valence electrons. The largest absolute Gasteiger partial charge is 0.392 e. The zero-order valence-corrected chi connectivity index (χ0v) is 8.56.